The molecule has 4 heteroatoms. The smallest absolute Gasteiger partial charge is 0.122 e. The van der Waals surface area contributed by atoms with Gasteiger partial charge in [-0.3, -0.25) is 0 Å². The van der Waals surface area contributed by atoms with E-state index in [1.165, 1.54) is 5.56 Å². The average molecular weight is 335 g/mol. The summed E-state index contributed by atoms with van der Waals surface area (Å²) in [6.45, 7) is 14.5. The lowest BCUT2D eigenvalue weighted by Gasteiger charge is -2.31. The van der Waals surface area contributed by atoms with Crippen LogP contribution >= 0.6 is 0 Å². The molecule has 0 saturated carbocycles. The molecule has 1 aromatic rings. The number of nitrogens with one attached hydrogen (secondary N) is 1. The van der Waals surface area contributed by atoms with Crippen LogP contribution in [-0.2, 0) is 0 Å². The van der Waals surface area contributed by atoms with Gasteiger partial charge in [0.2, 0.25) is 0 Å². The van der Waals surface area contributed by atoms with Crippen molar-refractivity contribution in [3.63, 3.8) is 0 Å². The maximum atomic E-state index is 10.8. The Morgan fingerprint density at radius 2 is 1.92 bits per heavy atom. The van der Waals surface area contributed by atoms with E-state index in [0.29, 0.717) is 5.92 Å². The van der Waals surface area contributed by atoms with Crippen LogP contribution in [-0.4, -0.2) is 49.3 Å². The summed E-state index contributed by atoms with van der Waals surface area (Å²) < 4.78 is 5.87. The zero-order chi connectivity index (χ0) is 17.5. The maximum Gasteiger partial charge on any atom is 0.122 e. The second-order valence-electron chi connectivity index (χ2n) is 7.27. The first-order valence-corrected chi connectivity index (χ1v) is 9.40. The number of aliphatic hydroxyl groups excluding tert-OH is 1. The Labute approximate surface area is 147 Å². The summed E-state index contributed by atoms with van der Waals surface area (Å²) in [4.78, 5) is 2.44. The molecule has 1 heterocycles. The zero-order valence-electron chi connectivity index (χ0n) is 15.7. The Balaban J connectivity index is 2.07. The fraction of sp³-hybridized carbons (Fsp3) is 0.700. The van der Waals surface area contributed by atoms with Crippen LogP contribution in [0.1, 0.15) is 57.3 Å². The van der Waals surface area contributed by atoms with Crippen molar-refractivity contribution in [2.45, 2.75) is 46.1 Å². The molecule has 24 heavy (non-hydrogen) atoms. The summed E-state index contributed by atoms with van der Waals surface area (Å²) in [6, 6.07) is 6.19. The molecule has 0 aliphatic carbocycles. The summed E-state index contributed by atoms with van der Waals surface area (Å²) in [5.41, 5.74) is 2.19. The highest BCUT2D eigenvalue weighted by Crippen LogP contribution is 2.32. The molecular weight excluding hydrogens is 300 g/mol. The molecule has 4 nitrogen and oxygen atoms in total. The highest BCUT2D eigenvalue weighted by molar-refractivity contribution is 5.40. The van der Waals surface area contributed by atoms with Gasteiger partial charge in [0, 0.05) is 32.7 Å². The largest absolute Gasteiger partial charge is 0.493 e. The predicted molar refractivity (Wildman–Crippen MR) is 99.8 cm³/mol. The highest BCUT2D eigenvalue weighted by atomic mass is 16.5. The summed E-state index contributed by atoms with van der Waals surface area (Å²) in [6.07, 6.45) is 0.571. The van der Waals surface area contributed by atoms with E-state index in [4.69, 9.17) is 4.74 Å². The molecule has 1 fully saturated rings. The lowest BCUT2D eigenvalue weighted by Crippen LogP contribution is -2.45. The van der Waals surface area contributed by atoms with Crippen LogP contribution in [0.15, 0.2) is 18.2 Å². The number of aliphatic hydroxyl groups is 1. The summed E-state index contributed by atoms with van der Waals surface area (Å²) in [5, 5.41) is 14.2. The number of benzene rings is 1. The van der Waals surface area contributed by atoms with Crippen LogP contribution < -0.4 is 10.1 Å². The van der Waals surface area contributed by atoms with E-state index in [9.17, 15) is 5.11 Å². The highest BCUT2D eigenvalue weighted by Gasteiger charge is 2.22. The minimum Gasteiger partial charge on any atom is -0.493 e. The molecule has 0 bridgehead atoms. The van der Waals surface area contributed by atoms with Crippen LogP contribution in [0.5, 0.6) is 5.75 Å². The molecule has 136 valence electrons. The lowest BCUT2D eigenvalue weighted by molar-refractivity contribution is 0.0841. The number of hydrogen-bond donors (Lipinski definition) is 2. The quantitative estimate of drug-likeness (QED) is 0.766. The van der Waals surface area contributed by atoms with E-state index in [2.05, 4.69) is 44.0 Å². The molecule has 1 aliphatic rings. The first kappa shape index (κ1) is 19.2. The Bertz CT molecular complexity index is 498. The molecule has 0 amide bonds. The second-order valence-corrected chi connectivity index (χ2v) is 7.27. The third-order valence-corrected chi connectivity index (χ3v) is 4.75. The molecule has 0 spiro atoms. The van der Waals surface area contributed by atoms with Crippen molar-refractivity contribution in [2.24, 2.45) is 5.92 Å². The van der Waals surface area contributed by atoms with Gasteiger partial charge in [-0.1, -0.05) is 33.8 Å². The zero-order valence-corrected chi connectivity index (χ0v) is 15.7. The number of hydrogen-bond acceptors (Lipinski definition) is 4. The summed E-state index contributed by atoms with van der Waals surface area (Å²) in [5.74, 6) is 1.55. The van der Waals surface area contributed by atoms with Gasteiger partial charge in [-0.15, -0.1) is 0 Å². The first-order valence-electron chi connectivity index (χ1n) is 9.40. The number of ether oxygens (including phenoxy) is 1. The Morgan fingerprint density at radius 3 is 2.54 bits per heavy atom. The monoisotopic (exact) mass is 334 g/mol. The summed E-state index contributed by atoms with van der Waals surface area (Å²) >= 11 is 0. The average Bonchev–Trinajstić information content (AvgIpc) is 2.59. The third kappa shape index (κ3) is 5.20. The number of rotatable bonds is 8. The van der Waals surface area contributed by atoms with Gasteiger partial charge in [-0.05, 0) is 41.5 Å². The van der Waals surface area contributed by atoms with Crippen LogP contribution in [0, 0.1) is 5.92 Å². The molecule has 1 aromatic carbocycles. The molecule has 0 radical (unpaired) electrons. The van der Waals surface area contributed by atoms with Crippen molar-refractivity contribution < 1.29 is 9.84 Å². The molecule has 2 atom stereocenters. The van der Waals surface area contributed by atoms with Gasteiger partial charge >= 0.3 is 0 Å². The lowest BCUT2D eigenvalue weighted by atomic mass is 9.92. The number of piperazine rings is 1. The second kappa shape index (κ2) is 9.40. The standard InChI is InChI=1S/C20H34N2O2/c1-5-12-24-19-7-6-17(13-18(19)15(2)3)20(23)16(4)14-22-10-8-21-9-11-22/h6-7,13,15-16,20-21,23H,5,8-12,14H2,1-4H3. The van der Waals surface area contributed by atoms with E-state index in [0.717, 1.165) is 57.1 Å². The topological polar surface area (TPSA) is 44.7 Å². The van der Waals surface area contributed by atoms with Crippen molar-refractivity contribution >= 4 is 0 Å². The predicted octanol–water partition coefficient (Wildman–Crippen LogP) is 3.17. The van der Waals surface area contributed by atoms with E-state index in [1.54, 1.807) is 0 Å². The van der Waals surface area contributed by atoms with E-state index < -0.39 is 6.10 Å². The van der Waals surface area contributed by atoms with E-state index >= 15 is 0 Å². The Kier molecular flexibility index (Phi) is 7.53. The van der Waals surface area contributed by atoms with E-state index in [1.807, 2.05) is 12.1 Å². The summed E-state index contributed by atoms with van der Waals surface area (Å²) in [7, 11) is 0. The SMILES string of the molecule is CCCOc1ccc(C(O)C(C)CN2CCNCC2)cc1C(C)C. The third-order valence-electron chi connectivity index (χ3n) is 4.75. The minimum atomic E-state index is -0.433. The van der Waals surface area contributed by atoms with Crippen LogP contribution in [0.4, 0.5) is 0 Å². The van der Waals surface area contributed by atoms with Crippen molar-refractivity contribution in [3.8, 4) is 5.75 Å². The van der Waals surface area contributed by atoms with Gasteiger partial charge in [0.25, 0.3) is 0 Å². The normalized spacial score (nSPS) is 18.6. The Morgan fingerprint density at radius 1 is 1.21 bits per heavy atom. The molecule has 2 N–H and O–H groups in total. The van der Waals surface area contributed by atoms with Gasteiger partial charge in [0.05, 0.1) is 12.7 Å². The fourth-order valence-electron chi connectivity index (χ4n) is 3.27. The Hall–Kier alpha value is -1.10. The van der Waals surface area contributed by atoms with Crippen molar-refractivity contribution in [1.29, 1.82) is 0 Å². The van der Waals surface area contributed by atoms with Crippen LogP contribution in [0.2, 0.25) is 0 Å². The molecule has 2 rings (SSSR count). The van der Waals surface area contributed by atoms with Crippen molar-refractivity contribution in [3.05, 3.63) is 29.3 Å². The van der Waals surface area contributed by atoms with Gasteiger partial charge in [-0.25, -0.2) is 0 Å². The number of nitrogens with zero attached hydrogens (tertiary/aromatic N) is 1. The van der Waals surface area contributed by atoms with Gasteiger partial charge in [0.15, 0.2) is 0 Å². The van der Waals surface area contributed by atoms with Gasteiger partial charge in [-0.2, -0.15) is 0 Å². The van der Waals surface area contributed by atoms with Crippen LogP contribution in [0.25, 0.3) is 0 Å². The fourth-order valence-corrected chi connectivity index (χ4v) is 3.27. The molecular formula is C20H34N2O2. The van der Waals surface area contributed by atoms with E-state index in [-0.39, 0.29) is 5.92 Å². The van der Waals surface area contributed by atoms with Gasteiger partial charge < -0.3 is 20.1 Å². The van der Waals surface area contributed by atoms with Crippen molar-refractivity contribution in [1.82, 2.24) is 10.2 Å². The molecule has 2 unspecified atom stereocenters. The van der Waals surface area contributed by atoms with Gasteiger partial charge in [0.1, 0.15) is 5.75 Å². The maximum absolute atomic E-state index is 10.8. The molecule has 1 aliphatic heterocycles. The van der Waals surface area contributed by atoms with Crippen molar-refractivity contribution in [2.75, 3.05) is 39.3 Å². The first-order chi connectivity index (χ1) is 11.5. The minimum absolute atomic E-state index is 0.213. The van der Waals surface area contributed by atoms with Crippen LogP contribution in [0.3, 0.4) is 0 Å². The molecule has 0 aromatic heterocycles. The molecule has 1 saturated heterocycles.